The van der Waals surface area contributed by atoms with Gasteiger partial charge in [-0.15, -0.1) is 0 Å². The minimum atomic E-state index is -4.67. The number of nitrogens with zero attached hydrogens (tertiary/aromatic N) is 5. The van der Waals surface area contributed by atoms with E-state index in [1.165, 1.54) is 30.2 Å². The fourth-order valence-corrected chi connectivity index (χ4v) is 3.50. The van der Waals surface area contributed by atoms with Gasteiger partial charge in [0.2, 0.25) is 17.7 Å². The van der Waals surface area contributed by atoms with Crippen molar-refractivity contribution < 1.29 is 32.3 Å². The van der Waals surface area contributed by atoms with Crippen molar-refractivity contribution in [2.45, 2.75) is 38.2 Å². The van der Waals surface area contributed by atoms with E-state index >= 15 is 0 Å². The van der Waals surface area contributed by atoms with E-state index in [0.717, 1.165) is 12.1 Å². The van der Waals surface area contributed by atoms with E-state index in [1.807, 2.05) is 0 Å². The lowest BCUT2D eigenvalue weighted by Crippen LogP contribution is -2.41. The molecule has 4 rings (SSSR count). The summed E-state index contributed by atoms with van der Waals surface area (Å²) >= 11 is 5.72. The molecule has 2 aromatic heterocycles. The van der Waals surface area contributed by atoms with E-state index in [0.29, 0.717) is 0 Å². The molecular weight excluding hydrogens is 481 g/mol. The molecule has 34 heavy (non-hydrogen) atoms. The summed E-state index contributed by atoms with van der Waals surface area (Å²) in [6.45, 7) is 3.15. The fraction of sp³-hybridized carbons (Fsp3) is 0.350. The SMILES string of the molecule is CC(Nc1nccc(N2C(=O)OCC2[C@@H](C)O)n1)c1nc(-c2ccc(Cl)cc2C(F)(F)F)no1. The minimum Gasteiger partial charge on any atom is -0.447 e. The van der Waals surface area contributed by atoms with Gasteiger partial charge in [0.1, 0.15) is 24.5 Å². The molecule has 1 amide bonds. The van der Waals surface area contributed by atoms with Crippen LogP contribution >= 0.6 is 11.6 Å². The lowest BCUT2D eigenvalue weighted by atomic mass is 10.1. The zero-order valence-corrected chi connectivity index (χ0v) is 18.5. The number of rotatable bonds is 6. The Bertz CT molecular complexity index is 1210. The van der Waals surface area contributed by atoms with E-state index in [-0.39, 0.29) is 40.7 Å². The molecule has 1 saturated heterocycles. The molecule has 0 saturated carbocycles. The maximum absolute atomic E-state index is 13.4. The Morgan fingerprint density at radius 2 is 2.03 bits per heavy atom. The van der Waals surface area contributed by atoms with E-state index in [2.05, 4.69) is 25.4 Å². The van der Waals surface area contributed by atoms with Crippen LogP contribution in [0.5, 0.6) is 0 Å². The first kappa shape index (κ1) is 23.7. The van der Waals surface area contributed by atoms with Crippen molar-refractivity contribution >= 4 is 29.5 Å². The molecule has 2 N–H and O–H groups in total. The molecule has 3 atom stereocenters. The molecule has 2 unspecified atom stereocenters. The number of aliphatic hydroxyl groups is 1. The fourth-order valence-electron chi connectivity index (χ4n) is 3.33. The highest BCUT2D eigenvalue weighted by Gasteiger charge is 2.38. The van der Waals surface area contributed by atoms with E-state index in [9.17, 15) is 23.1 Å². The second-order valence-corrected chi connectivity index (χ2v) is 7.94. The first-order valence-corrected chi connectivity index (χ1v) is 10.4. The first-order chi connectivity index (χ1) is 16.0. The number of anilines is 2. The number of ether oxygens (including phenoxy) is 1. The average Bonchev–Trinajstić information content (AvgIpc) is 3.40. The predicted octanol–water partition coefficient (Wildman–Crippen LogP) is 4.08. The maximum Gasteiger partial charge on any atom is 0.417 e. The molecule has 0 radical (unpaired) electrons. The monoisotopic (exact) mass is 498 g/mol. The van der Waals surface area contributed by atoms with Gasteiger partial charge < -0.3 is 19.7 Å². The molecule has 0 spiro atoms. The number of hydrogen-bond donors (Lipinski definition) is 2. The number of aliphatic hydroxyl groups excluding tert-OH is 1. The summed E-state index contributed by atoms with van der Waals surface area (Å²) in [7, 11) is 0. The summed E-state index contributed by atoms with van der Waals surface area (Å²) in [5, 5.41) is 16.4. The lowest BCUT2D eigenvalue weighted by Gasteiger charge is -2.22. The number of halogens is 4. The molecule has 1 fully saturated rings. The zero-order valence-electron chi connectivity index (χ0n) is 17.7. The van der Waals surface area contributed by atoms with Gasteiger partial charge in [0, 0.05) is 16.8 Å². The number of aromatic nitrogens is 4. The van der Waals surface area contributed by atoms with Crippen molar-refractivity contribution in [3.8, 4) is 11.4 Å². The highest BCUT2D eigenvalue weighted by atomic mass is 35.5. The van der Waals surface area contributed by atoms with Gasteiger partial charge in [-0.3, -0.25) is 4.90 Å². The van der Waals surface area contributed by atoms with Crippen molar-refractivity contribution in [1.29, 1.82) is 0 Å². The van der Waals surface area contributed by atoms with Crippen molar-refractivity contribution in [1.82, 2.24) is 20.1 Å². The van der Waals surface area contributed by atoms with Crippen LogP contribution in [0.2, 0.25) is 5.02 Å². The number of carbonyl (C=O) groups excluding carboxylic acids is 1. The predicted molar refractivity (Wildman–Crippen MR) is 113 cm³/mol. The summed E-state index contributed by atoms with van der Waals surface area (Å²) in [6, 6.07) is 3.41. The van der Waals surface area contributed by atoms with Crippen LogP contribution in [-0.2, 0) is 10.9 Å². The van der Waals surface area contributed by atoms with Gasteiger partial charge in [-0.1, -0.05) is 16.8 Å². The largest absolute Gasteiger partial charge is 0.447 e. The quantitative estimate of drug-likeness (QED) is 0.516. The second-order valence-electron chi connectivity index (χ2n) is 7.50. The maximum atomic E-state index is 13.4. The number of hydrogen-bond acceptors (Lipinski definition) is 9. The first-order valence-electron chi connectivity index (χ1n) is 9.99. The van der Waals surface area contributed by atoms with Crippen LogP contribution in [0.25, 0.3) is 11.4 Å². The van der Waals surface area contributed by atoms with Gasteiger partial charge in [-0.25, -0.2) is 9.78 Å². The van der Waals surface area contributed by atoms with E-state index in [1.54, 1.807) is 6.92 Å². The molecular formula is C20H18ClF3N6O4. The molecule has 1 aromatic carbocycles. The Labute approximate surface area is 195 Å². The minimum absolute atomic E-state index is 0.00897. The third kappa shape index (κ3) is 4.75. The molecule has 1 aliphatic heterocycles. The Morgan fingerprint density at radius 1 is 1.26 bits per heavy atom. The molecule has 3 heterocycles. The number of benzene rings is 1. The number of carbonyl (C=O) groups is 1. The number of nitrogens with one attached hydrogen (secondary N) is 1. The molecule has 14 heteroatoms. The van der Waals surface area contributed by atoms with Gasteiger partial charge in [-0.05, 0) is 38.1 Å². The van der Waals surface area contributed by atoms with Gasteiger partial charge in [0.15, 0.2) is 0 Å². The average molecular weight is 499 g/mol. The van der Waals surface area contributed by atoms with Gasteiger partial charge in [0.25, 0.3) is 0 Å². The van der Waals surface area contributed by atoms with Crippen LogP contribution in [0.4, 0.5) is 29.7 Å². The summed E-state index contributed by atoms with van der Waals surface area (Å²) in [6.07, 6.45) is -4.79. The van der Waals surface area contributed by atoms with Crippen LogP contribution in [0.1, 0.15) is 31.3 Å². The molecule has 0 aliphatic carbocycles. The number of cyclic esters (lactones) is 1. The van der Waals surface area contributed by atoms with Crippen molar-refractivity contribution in [3.63, 3.8) is 0 Å². The Kier molecular flexibility index (Phi) is 6.32. The van der Waals surface area contributed by atoms with Crippen molar-refractivity contribution in [3.05, 3.63) is 46.9 Å². The van der Waals surface area contributed by atoms with Crippen LogP contribution < -0.4 is 10.2 Å². The highest BCUT2D eigenvalue weighted by molar-refractivity contribution is 6.30. The topological polar surface area (TPSA) is 127 Å². The Balaban J connectivity index is 1.55. The van der Waals surface area contributed by atoms with Crippen LogP contribution in [0.3, 0.4) is 0 Å². The summed E-state index contributed by atoms with van der Waals surface area (Å²) in [5.74, 6) is -0.00650. The zero-order chi connectivity index (χ0) is 24.6. The summed E-state index contributed by atoms with van der Waals surface area (Å²) < 4.78 is 50.4. The van der Waals surface area contributed by atoms with Gasteiger partial charge in [-0.2, -0.15) is 23.1 Å². The second kappa shape index (κ2) is 9.06. The molecule has 10 nitrogen and oxygen atoms in total. The standard InChI is InChI=1S/C20H18ClF3N6O4/c1-9(17-28-16(29-34-17)12-4-3-11(21)7-13(12)20(22,23)24)26-18-25-6-5-15(27-18)30-14(10(2)31)8-33-19(30)32/h3-7,9-10,14,31H,8H2,1-2H3,(H,25,26,27)/t9?,10-,14?/m1/s1. The van der Waals surface area contributed by atoms with E-state index in [4.69, 9.17) is 20.9 Å². The summed E-state index contributed by atoms with van der Waals surface area (Å²) in [4.78, 5) is 25.7. The van der Waals surface area contributed by atoms with Gasteiger partial charge >= 0.3 is 12.3 Å². The third-order valence-corrected chi connectivity index (χ3v) is 5.27. The Hall–Kier alpha value is -3.45. The Morgan fingerprint density at radius 3 is 2.74 bits per heavy atom. The smallest absolute Gasteiger partial charge is 0.417 e. The third-order valence-electron chi connectivity index (χ3n) is 5.04. The van der Waals surface area contributed by atoms with Crippen LogP contribution in [0.15, 0.2) is 35.0 Å². The molecule has 0 bridgehead atoms. The summed E-state index contributed by atoms with van der Waals surface area (Å²) in [5.41, 5.74) is -1.27. The van der Waals surface area contributed by atoms with Crippen molar-refractivity contribution in [2.75, 3.05) is 16.8 Å². The normalized spacial score (nSPS) is 18.0. The molecule has 1 aliphatic rings. The highest BCUT2D eigenvalue weighted by Crippen LogP contribution is 2.38. The van der Waals surface area contributed by atoms with Gasteiger partial charge in [0.05, 0.1) is 11.7 Å². The number of amides is 1. The molecule has 3 aromatic rings. The number of alkyl halides is 3. The van der Waals surface area contributed by atoms with Crippen LogP contribution in [-0.4, -0.2) is 50.1 Å². The van der Waals surface area contributed by atoms with E-state index < -0.39 is 36.0 Å². The lowest BCUT2D eigenvalue weighted by molar-refractivity contribution is -0.137. The van der Waals surface area contributed by atoms with Crippen LogP contribution in [0, 0.1) is 0 Å². The van der Waals surface area contributed by atoms with Crippen molar-refractivity contribution in [2.24, 2.45) is 0 Å². The molecule has 180 valence electrons.